The second-order valence-corrected chi connectivity index (χ2v) is 3.84. The van der Waals surface area contributed by atoms with Crippen LogP contribution in [0.1, 0.15) is 19.3 Å². The van der Waals surface area contributed by atoms with E-state index >= 15 is 0 Å². The van der Waals surface area contributed by atoms with Crippen LogP contribution in [0.2, 0.25) is 0 Å². The molecule has 3 heteroatoms. The Kier molecular flexibility index (Phi) is 1.67. The molecule has 64 valence electrons. The number of nitrogens with zero attached hydrogens (tertiary/aromatic N) is 1. The molecule has 0 bridgehead atoms. The molecule has 0 aromatic carbocycles. The molecule has 2 fully saturated rings. The molecule has 0 unspecified atom stereocenters. The smallest absolute Gasteiger partial charge is 0.0685 e. The van der Waals surface area contributed by atoms with E-state index in [9.17, 15) is 5.11 Å². The number of hydrogen-bond donors (Lipinski definition) is 2. The van der Waals surface area contributed by atoms with E-state index in [1.165, 1.54) is 12.8 Å². The summed E-state index contributed by atoms with van der Waals surface area (Å²) < 4.78 is 0. The molecule has 2 aliphatic rings. The van der Waals surface area contributed by atoms with E-state index in [4.69, 9.17) is 5.73 Å². The second-order valence-electron chi connectivity index (χ2n) is 3.84. The average molecular weight is 156 g/mol. The van der Waals surface area contributed by atoms with E-state index in [0.717, 1.165) is 19.5 Å². The molecule has 2 aliphatic heterocycles. The normalized spacial score (nSPS) is 44.7. The Hall–Kier alpha value is -0.120. The molecular weight excluding hydrogens is 140 g/mol. The van der Waals surface area contributed by atoms with Crippen molar-refractivity contribution >= 4 is 0 Å². The molecule has 0 radical (unpaired) electrons. The van der Waals surface area contributed by atoms with Gasteiger partial charge in [-0.25, -0.2) is 0 Å². The maximum Gasteiger partial charge on any atom is 0.0685 e. The lowest BCUT2D eigenvalue weighted by Crippen LogP contribution is -2.44. The van der Waals surface area contributed by atoms with Gasteiger partial charge in [0.15, 0.2) is 0 Å². The first-order valence-electron chi connectivity index (χ1n) is 4.40. The lowest BCUT2D eigenvalue weighted by molar-refractivity contribution is 0.177. The van der Waals surface area contributed by atoms with Crippen LogP contribution in [0.3, 0.4) is 0 Å². The van der Waals surface area contributed by atoms with Crippen LogP contribution in [-0.2, 0) is 0 Å². The molecule has 2 rings (SSSR count). The fourth-order valence-electron chi connectivity index (χ4n) is 2.58. The quantitative estimate of drug-likeness (QED) is 0.540. The van der Waals surface area contributed by atoms with E-state index in [1.54, 1.807) is 0 Å². The summed E-state index contributed by atoms with van der Waals surface area (Å²) in [6.07, 6.45) is 3.20. The molecule has 0 spiro atoms. The highest BCUT2D eigenvalue weighted by atomic mass is 16.3. The predicted molar refractivity (Wildman–Crippen MR) is 43.2 cm³/mol. The summed E-state index contributed by atoms with van der Waals surface area (Å²) in [7, 11) is 0. The molecule has 2 heterocycles. The summed E-state index contributed by atoms with van der Waals surface area (Å²) in [6.45, 7) is 2.69. The van der Waals surface area contributed by atoms with Crippen molar-refractivity contribution in [1.82, 2.24) is 4.90 Å². The summed E-state index contributed by atoms with van der Waals surface area (Å²) in [5, 5.41) is 9.43. The fraction of sp³-hybridized carbons (Fsp3) is 1.00. The third kappa shape index (κ3) is 0.991. The van der Waals surface area contributed by atoms with Gasteiger partial charge in [-0.3, -0.25) is 4.90 Å². The first-order chi connectivity index (χ1) is 5.27. The lowest BCUT2D eigenvalue weighted by atomic mass is 9.94. The van der Waals surface area contributed by atoms with Crippen LogP contribution in [-0.4, -0.2) is 41.3 Å². The van der Waals surface area contributed by atoms with Gasteiger partial charge in [-0.2, -0.15) is 0 Å². The molecular formula is C8H16N2O. The molecule has 3 nitrogen and oxygen atoms in total. The average Bonchev–Trinajstić information content (AvgIpc) is 2.43. The van der Waals surface area contributed by atoms with Crippen molar-refractivity contribution in [3.05, 3.63) is 0 Å². The molecule has 0 aromatic rings. The molecule has 0 aliphatic carbocycles. The molecule has 0 saturated carbocycles. The Bertz CT molecular complexity index is 162. The minimum absolute atomic E-state index is 0.126. The zero-order valence-corrected chi connectivity index (χ0v) is 6.79. The Morgan fingerprint density at radius 2 is 2.45 bits per heavy atom. The molecule has 11 heavy (non-hydrogen) atoms. The number of β-amino-alcohol motifs (C(OH)–C–C–N with tert-alkyl or cyclic N) is 1. The summed E-state index contributed by atoms with van der Waals surface area (Å²) in [5.74, 6) is 0. The van der Waals surface area contributed by atoms with Crippen LogP contribution in [0.25, 0.3) is 0 Å². The van der Waals surface area contributed by atoms with Gasteiger partial charge in [0, 0.05) is 18.6 Å². The lowest BCUT2D eigenvalue weighted by Gasteiger charge is -2.29. The van der Waals surface area contributed by atoms with E-state index in [1.807, 2.05) is 0 Å². The van der Waals surface area contributed by atoms with Crippen molar-refractivity contribution in [2.75, 3.05) is 19.6 Å². The Morgan fingerprint density at radius 1 is 1.64 bits per heavy atom. The van der Waals surface area contributed by atoms with Gasteiger partial charge in [0.2, 0.25) is 0 Å². The van der Waals surface area contributed by atoms with Crippen molar-refractivity contribution in [3.8, 4) is 0 Å². The molecule has 0 amide bonds. The number of aliphatic hydroxyl groups excluding tert-OH is 1. The van der Waals surface area contributed by atoms with Gasteiger partial charge in [0.1, 0.15) is 0 Å². The van der Waals surface area contributed by atoms with E-state index in [-0.39, 0.29) is 11.6 Å². The minimum Gasteiger partial charge on any atom is -0.392 e. The molecule has 2 saturated heterocycles. The largest absolute Gasteiger partial charge is 0.392 e. The summed E-state index contributed by atoms with van der Waals surface area (Å²) >= 11 is 0. The van der Waals surface area contributed by atoms with Crippen molar-refractivity contribution < 1.29 is 5.11 Å². The van der Waals surface area contributed by atoms with Gasteiger partial charge in [0.05, 0.1) is 6.10 Å². The monoisotopic (exact) mass is 156 g/mol. The first kappa shape index (κ1) is 7.53. The van der Waals surface area contributed by atoms with Crippen LogP contribution in [0, 0.1) is 0 Å². The highest BCUT2D eigenvalue weighted by Gasteiger charge is 2.46. The van der Waals surface area contributed by atoms with Gasteiger partial charge in [-0.05, 0) is 25.8 Å². The summed E-state index contributed by atoms with van der Waals surface area (Å²) in [4.78, 5) is 2.36. The third-order valence-corrected chi connectivity index (χ3v) is 3.17. The topological polar surface area (TPSA) is 49.5 Å². The maximum absolute atomic E-state index is 9.43. The summed E-state index contributed by atoms with van der Waals surface area (Å²) in [6, 6.07) is 0. The van der Waals surface area contributed by atoms with E-state index in [2.05, 4.69) is 4.90 Å². The van der Waals surface area contributed by atoms with Gasteiger partial charge < -0.3 is 10.8 Å². The zero-order chi connectivity index (χ0) is 7.90. The van der Waals surface area contributed by atoms with Gasteiger partial charge in [-0.15, -0.1) is 0 Å². The number of fused-ring (bicyclic) bond motifs is 1. The van der Waals surface area contributed by atoms with Crippen molar-refractivity contribution in [2.24, 2.45) is 5.73 Å². The van der Waals surface area contributed by atoms with E-state index in [0.29, 0.717) is 6.54 Å². The van der Waals surface area contributed by atoms with Crippen LogP contribution in [0.5, 0.6) is 0 Å². The maximum atomic E-state index is 9.43. The first-order valence-corrected chi connectivity index (χ1v) is 4.40. The van der Waals surface area contributed by atoms with Crippen LogP contribution < -0.4 is 5.73 Å². The van der Waals surface area contributed by atoms with Crippen molar-refractivity contribution in [3.63, 3.8) is 0 Å². The second kappa shape index (κ2) is 2.44. The van der Waals surface area contributed by atoms with Gasteiger partial charge >= 0.3 is 0 Å². The van der Waals surface area contributed by atoms with Gasteiger partial charge in [0.25, 0.3) is 0 Å². The Balaban J connectivity index is 2.15. The standard InChI is InChI=1S/C8H16N2O/c9-6-8-2-1-3-10(8)5-7(11)4-8/h7,11H,1-6,9H2/t7-,8-/m1/s1. The van der Waals surface area contributed by atoms with Crippen LogP contribution in [0.4, 0.5) is 0 Å². The highest BCUT2D eigenvalue weighted by molar-refractivity contribution is 5.03. The fourth-order valence-corrected chi connectivity index (χ4v) is 2.58. The van der Waals surface area contributed by atoms with Crippen LogP contribution >= 0.6 is 0 Å². The third-order valence-electron chi connectivity index (χ3n) is 3.17. The molecule has 2 atom stereocenters. The van der Waals surface area contributed by atoms with Crippen molar-refractivity contribution in [2.45, 2.75) is 30.9 Å². The molecule has 3 N–H and O–H groups in total. The van der Waals surface area contributed by atoms with Crippen molar-refractivity contribution in [1.29, 1.82) is 0 Å². The minimum atomic E-state index is -0.126. The predicted octanol–water partition coefficient (Wildman–Crippen LogP) is -0.456. The number of aliphatic hydroxyl groups is 1. The molecule has 0 aromatic heterocycles. The van der Waals surface area contributed by atoms with Gasteiger partial charge in [-0.1, -0.05) is 0 Å². The Labute approximate surface area is 67.2 Å². The summed E-state index contributed by atoms with van der Waals surface area (Å²) in [5.41, 5.74) is 5.90. The highest BCUT2D eigenvalue weighted by Crippen LogP contribution is 2.37. The Morgan fingerprint density at radius 3 is 3.09 bits per heavy atom. The number of rotatable bonds is 1. The SMILES string of the molecule is NC[C@]12CCCN1C[C@H](O)C2. The number of hydrogen-bond acceptors (Lipinski definition) is 3. The van der Waals surface area contributed by atoms with E-state index < -0.39 is 0 Å². The number of nitrogens with two attached hydrogens (primary N) is 1. The van der Waals surface area contributed by atoms with Crippen LogP contribution in [0.15, 0.2) is 0 Å². The zero-order valence-electron chi connectivity index (χ0n) is 6.79.